The number of benzene rings is 2. The second-order valence-corrected chi connectivity index (χ2v) is 4.53. The monoisotopic (exact) mass is 287 g/mol. The fraction of sp³-hybridized carbons (Fsp3) is 0.0667. The van der Waals surface area contributed by atoms with Gasteiger partial charge in [-0.25, -0.2) is 4.79 Å². The summed E-state index contributed by atoms with van der Waals surface area (Å²) in [7, 11) is 1.31. The second-order valence-electron chi connectivity index (χ2n) is 4.04. The average Bonchev–Trinajstić information content (AvgIpc) is 2.47. The quantitative estimate of drug-likeness (QED) is 0.674. The van der Waals surface area contributed by atoms with Gasteiger partial charge in [-0.1, -0.05) is 18.2 Å². The van der Waals surface area contributed by atoms with Gasteiger partial charge in [-0.3, -0.25) is 4.79 Å². The van der Waals surface area contributed by atoms with Crippen LogP contribution in [0.5, 0.6) is 0 Å². The van der Waals surface area contributed by atoms with Crippen LogP contribution in [-0.4, -0.2) is 19.0 Å². The van der Waals surface area contributed by atoms with Gasteiger partial charge in [-0.15, -0.1) is 12.6 Å². The summed E-state index contributed by atoms with van der Waals surface area (Å²) in [6.07, 6.45) is 0. The molecule has 0 spiro atoms. The van der Waals surface area contributed by atoms with Crippen molar-refractivity contribution >= 4 is 30.2 Å². The summed E-state index contributed by atoms with van der Waals surface area (Å²) in [5.41, 5.74) is 1.37. The molecule has 0 saturated heterocycles. The van der Waals surface area contributed by atoms with Crippen molar-refractivity contribution in [2.45, 2.75) is 4.90 Å². The van der Waals surface area contributed by atoms with E-state index in [-0.39, 0.29) is 5.91 Å². The molecule has 1 amide bonds. The molecule has 0 aliphatic carbocycles. The van der Waals surface area contributed by atoms with Crippen LogP contribution in [0.2, 0.25) is 0 Å². The van der Waals surface area contributed by atoms with Gasteiger partial charge < -0.3 is 10.1 Å². The highest BCUT2D eigenvalue weighted by Gasteiger charge is 2.11. The standard InChI is InChI=1S/C15H13NO3S/c1-19-15(18)10-5-4-6-11(9-10)16-14(17)12-7-2-3-8-13(12)20/h2-9,20H,1H3,(H,16,17). The van der Waals surface area contributed by atoms with Crippen molar-refractivity contribution in [3.63, 3.8) is 0 Å². The first-order valence-corrected chi connectivity index (χ1v) is 6.34. The van der Waals surface area contributed by atoms with Crippen LogP contribution >= 0.6 is 12.6 Å². The maximum atomic E-state index is 12.1. The highest BCUT2D eigenvalue weighted by molar-refractivity contribution is 7.80. The molecule has 2 aromatic carbocycles. The van der Waals surface area contributed by atoms with Gasteiger partial charge in [0.05, 0.1) is 18.2 Å². The molecule has 0 atom stereocenters. The first kappa shape index (κ1) is 14.1. The largest absolute Gasteiger partial charge is 0.465 e. The number of thiol groups is 1. The molecule has 0 fully saturated rings. The number of nitrogens with one attached hydrogen (secondary N) is 1. The van der Waals surface area contributed by atoms with Crippen molar-refractivity contribution in [1.29, 1.82) is 0 Å². The van der Waals surface area contributed by atoms with E-state index >= 15 is 0 Å². The first-order valence-electron chi connectivity index (χ1n) is 5.89. The van der Waals surface area contributed by atoms with Crippen LogP contribution in [0.15, 0.2) is 53.4 Å². The van der Waals surface area contributed by atoms with Crippen LogP contribution in [0, 0.1) is 0 Å². The number of esters is 1. The number of hydrogen-bond donors (Lipinski definition) is 2. The molecular formula is C15H13NO3S. The van der Waals surface area contributed by atoms with E-state index in [1.54, 1.807) is 48.5 Å². The molecule has 0 unspecified atom stereocenters. The van der Waals surface area contributed by atoms with Gasteiger partial charge in [0.25, 0.3) is 5.91 Å². The third-order valence-corrected chi connectivity index (χ3v) is 3.08. The topological polar surface area (TPSA) is 55.4 Å². The lowest BCUT2D eigenvalue weighted by molar-refractivity contribution is 0.0600. The van der Waals surface area contributed by atoms with Crippen molar-refractivity contribution < 1.29 is 14.3 Å². The third-order valence-electron chi connectivity index (χ3n) is 2.69. The summed E-state index contributed by atoms with van der Waals surface area (Å²) in [5.74, 6) is -0.728. The molecule has 4 nitrogen and oxygen atoms in total. The Balaban J connectivity index is 2.20. The van der Waals surface area contributed by atoms with Crippen LogP contribution in [0.25, 0.3) is 0 Å². The molecule has 20 heavy (non-hydrogen) atoms. The normalized spacial score (nSPS) is 9.90. The number of ether oxygens (including phenoxy) is 1. The highest BCUT2D eigenvalue weighted by Crippen LogP contribution is 2.17. The average molecular weight is 287 g/mol. The van der Waals surface area contributed by atoms with E-state index in [1.807, 2.05) is 0 Å². The van der Waals surface area contributed by atoms with E-state index in [4.69, 9.17) is 0 Å². The maximum absolute atomic E-state index is 12.1. The predicted octanol–water partition coefficient (Wildman–Crippen LogP) is 3.01. The fourth-order valence-electron chi connectivity index (χ4n) is 1.71. The van der Waals surface area contributed by atoms with Gasteiger partial charge in [0.1, 0.15) is 0 Å². The summed E-state index contributed by atoms with van der Waals surface area (Å²) in [6, 6.07) is 13.5. The smallest absolute Gasteiger partial charge is 0.337 e. The molecule has 0 aliphatic rings. The first-order chi connectivity index (χ1) is 9.61. The fourth-order valence-corrected chi connectivity index (χ4v) is 1.97. The molecule has 0 heterocycles. The lowest BCUT2D eigenvalue weighted by atomic mass is 10.1. The maximum Gasteiger partial charge on any atom is 0.337 e. The Morgan fingerprint density at radius 2 is 1.85 bits per heavy atom. The van der Waals surface area contributed by atoms with Crippen LogP contribution in [-0.2, 0) is 4.74 Å². The lowest BCUT2D eigenvalue weighted by Gasteiger charge is -2.08. The van der Waals surface area contributed by atoms with Crippen molar-refractivity contribution in [2.24, 2.45) is 0 Å². The minimum Gasteiger partial charge on any atom is -0.465 e. The van der Waals surface area contributed by atoms with Crippen LogP contribution in [0.3, 0.4) is 0 Å². The van der Waals surface area contributed by atoms with Gasteiger partial charge in [-0.2, -0.15) is 0 Å². The van der Waals surface area contributed by atoms with Crippen molar-refractivity contribution in [1.82, 2.24) is 0 Å². The SMILES string of the molecule is COC(=O)c1cccc(NC(=O)c2ccccc2S)c1. The molecule has 0 aliphatic heterocycles. The van der Waals surface area contributed by atoms with E-state index in [0.29, 0.717) is 21.7 Å². The lowest BCUT2D eigenvalue weighted by Crippen LogP contribution is -2.13. The molecule has 0 bridgehead atoms. The number of hydrogen-bond acceptors (Lipinski definition) is 4. The summed E-state index contributed by atoms with van der Waals surface area (Å²) < 4.78 is 4.64. The van der Waals surface area contributed by atoms with Gasteiger partial charge in [0.2, 0.25) is 0 Å². The van der Waals surface area contributed by atoms with Crippen LogP contribution in [0.1, 0.15) is 20.7 Å². The molecule has 0 radical (unpaired) electrons. The van der Waals surface area contributed by atoms with E-state index in [1.165, 1.54) is 7.11 Å². The third kappa shape index (κ3) is 3.19. The van der Waals surface area contributed by atoms with E-state index in [9.17, 15) is 9.59 Å². The van der Waals surface area contributed by atoms with E-state index in [0.717, 1.165) is 0 Å². The Morgan fingerprint density at radius 1 is 1.10 bits per heavy atom. The van der Waals surface area contributed by atoms with E-state index in [2.05, 4.69) is 22.7 Å². The van der Waals surface area contributed by atoms with Gasteiger partial charge >= 0.3 is 5.97 Å². The van der Waals surface area contributed by atoms with Gasteiger partial charge in [0.15, 0.2) is 0 Å². The Labute approximate surface area is 122 Å². The van der Waals surface area contributed by atoms with Crippen molar-refractivity contribution in [2.75, 3.05) is 12.4 Å². The molecule has 2 aromatic rings. The summed E-state index contributed by atoms with van der Waals surface area (Å²) in [5, 5.41) is 2.72. The molecule has 5 heteroatoms. The number of rotatable bonds is 3. The van der Waals surface area contributed by atoms with Crippen LogP contribution in [0.4, 0.5) is 5.69 Å². The van der Waals surface area contributed by atoms with Crippen molar-refractivity contribution in [3.8, 4) is 0 Å². The number of amides is 1. The predicted molar refractivity (Wildman–Crippen MR) is 79.4 cm³/mol. The number of anilines is 1. The molecule has 102 valence electrons. The summed E-state index contributed by atoms with van der Waals surface area (Å²) in [6.45, 7) is 0. The molecule has 0 saturated carbocycles. The minimum absolute atomic E-state index is 0.280. The van der Waals surface area contributed by atoms with Crippen molar-refractivity contribution in [3.05, 3.63) is 59.7 Å². The highest BCUT2D eigenvalue weighted by atomic mass is 32.1. The summed E-state index contributed by atoms with van der Waals surface area (Å²) in [4.78, 5) is 24.1. The molecular weight excluding hydrogens is 274 g/mol. The minimum atomic E-state index is -0.448. The molecule has 1 N–H and O–H groups in total. The summed E-state index contributed by atoms with van der Waals surface area (Å²) >= 11 is 4.24. The molecule has 2 rings (SSSR count). The van der Waals surface area contributed by atoms with Gasteiger partial charge in [-0.05, 0) is 30.3 Å². The number of carbonyl (C=O) groups excluding carboxylic acids is 2. The molecule has 0 aromatic heterocycles. The number of carbonyl (C=O) groups is 2. The Kier molecular flexibility index (Phi) is 4.42. The zero-order valence-corrected chi connectivity index (χ0v) is 11.7. The number of methoxy groups -OCH3 is 1. The zero-order chi connectivity index (χ0) is 14.5. The van der Waals surface area contributed by atoms with E-state index < -0.39 is 5.97 Å². The Bertz CT molecular complexity index is 655. The second kappa shape index (κ2) is 6.25. The Morgan fingerprint density at radius 3 is 2.55 bits per heavy atom. The zero-order valence-electron chi connectivity index (χ0n) is 10.8. The van der Waals surface area contributed by atoms with Crippen LogP contribution < -0.4 is 5.32 Å². The van der Waals surface area contributed by atoms with Gasteiger partial charge in [0, 0.05) is 10.6 Å². The Hall–Kier alpha value is -2.27.